The molecule has 118 valence electrons. The van der Waals surface area contributed by atoms with Crippen LogP contribution >= 0.6 is 11.8 Å². The van der Waals surface area contributed by atoms with Gasteiger partial charge in [0, 0.05) is 17.4 Å². The monoisotopic (exact) mass is 318 g/mol. The number of oxazole rings is 1. The second-order valence-corrected chi connectivity index (χ2v) is 8.32. The van der Waals surface area contributed by atoms with Crippen molar-refractivity contribution >= 4 is 11.8 Å². The van der Waals surface area contributed by atoms with E-state index in [1.165, 1.54) is 31.5 Å². The van der Waals surface area contributed by atoms with Crippen molar-refractivity contribution in [2.24, 2.45) is 0 Å². The highest BCUT2D eigenvalue weighted by atomic mass is 32.2. The summed E-state index contributed by atoms with van der Waals surface area (Å²) in [6, 6.07) is 0.628. The van der Waals surface area contributed by atoms with Crippen LogP contribution in [0.5, 0.6) is 0 Å². The molecule has 0 aliphatic heterocycles. The fourth-order valence-electron chi connectivity index (χ4n) is 2.53. The van der Waals surface area contributed by atoms with Crippen molar-refractivity contribution in [3.8, 4) is 0 Å². The number of rotatable bonds is 5. The maximum absolute atomic E-state index is 5.86. The predicted molar refractivity (Wildman–Crippen MR) is 85.0 cm³/mol. The van der Waals surface area contributed by atoms with E-state index in [2.05, 4.69) is 40.5 Å². The Morgan fingerprint density at radius 2 is 2.00 bits per heavy atom. The Hall–Kier alpha value is -1.30. The van der Waals surface area contributed by atoms with E-state index >= 15 is 0 Å². The second-order valence-electron chi connectivity index (χ2n) is 7.37. The topological polar surface area (TPSA) is 56.7 Å². The van der Waals surface area contributed by atoms with E-state index in [0.717, 1.165) is 16.8 Å². The molecule has 0 spiro atoms. The molecule has 4 rings (SSSR count). The minimum atomic E-state index is 0.00307. The number of hydrogen-bond donors (Lipinski definition) is 0. The van der Waals surface area contributed by atoms with Gasteiger partial charge >= 0.3 is 0 Å². The lowest BCUT2D eigenvalue weighted by atomic mass is 9.94. The molecule has 2 heterocycles. The number of hydrogen-bond acceptors (Lipinski definition) is 5. The van der Waals surface area contributed by atoms with Crippen molar-refractivity contribution in [1.29, 1.82) is 0 Å². The molecule has 2 fully saturated rings. The third kappa shape index (κ3) is 2.81. The Balaban J connectivity index is 1.49. The Morgan fingerprint density at radius 1 is 1.23 bits per heavy atom. The molecule has 2 aliphatic rings. The predicted octanol–water partition coefficient (Wildman–Crippen LogP) is 4.07. The van der Waals surface area contributed by atoms with Crippen LogP contribution in [0.15, 0.2) is 15.8 Å². The van der Waals surface area contributed by atoms with Crippen molar-refractivity contribution in [3.63, 3.8) is 0 Å². The fraction of sp³-hybridized carbons (Fsp3) is 0.688. The summed E-state index contributed by atoms with van der Waals surface area (Å²) in [7, 11) is 0. The molecule has 22 heavy (non-hydrogen) atoms. The highest BCUT2D eigenvalue weighted by Crippen LogP contribution is 2.46. The fourth-order valence-corrected chi connectivity index (χ4v) is 3.40. The van der Waals surface area contributed by atoms with E-state index in [1.54, 1.807) is 11.8 Å². The van der Waals surface area contributed by atoms with Gasteiger partial charge in [-0.15, -0.1) is 10.2 Å². The number of aromatic nitrogens is 4. The first-order chi connectivity index (χ1) is 10.5. The van der Waals surface area contributed by atoms with E-state index in [4.69, 9.17) is 4.42 Å². The van der Waals surface area contributed by atoms with Gasteiger partial charge in [0.15, 0.2) is 5.16 Å². The molecule has 0 atom stereocenters. The van der Waals surface area contributed by atoms with Crippen molar-refractivity contribution in [1.82, 2.24) is 19.7 Å². The quantitative estimate of drug-likeness (QED) is 0.778. The second kappa shape index (κ2) is 5.11. The van der Waals surface area contributed by atoms with E-state index in [9.17, 15) is 0 Å². The van der Waals surface area contributed by atoms with Crippen molar-refractivity contribution in [3.05, 3.63) is 23.7 Å². The van der Waals surface area contributed by atoms with Crippen LogP contribution in [-0.4, -0.2) is 19.7 Å². The van der Waals surface area contributed by atoms with E-state index in [0.29, 0.717) is 17.7 Å². The first kappa shape index (κ1) is 14.3. The zero-order chi connectivity index (χ0) is 15.3. The van der Waals surface area contributed by atoms with Gasteiger partial charge < -0.3 is 8.98 Å². The molecule has 2 saturated carbocycles. The van der Waals surface area contributed by atoms with Gasteiger partial charge in [-0.25, -0.2) is 4.98 Å². The lowest BCUT2D eigenvalue weighted by Crippen LogP contribution is -2.09. The smallest absolute Gasteiger partial charge is 0.204 e. The summed E-state index contributed by atoms with van der Waals surface area (Å²) in [5, 5.41) is 9.88. The Kier molecular flexibility index (Phi) is 3.33. The van der Waals surface area contributed by atoms with Crippen LogP contribution in [-0.2, 0) is 11.2 Å². The minimum absolute atomic E-state index is 0.00307. The highest BCUT2D eigenvalue weighted by Gasteiger charge is 2.36. The number of thioether (sulfide) groups is 1. The minimum Gasteiger partial charge on any atom is -0.444 e. The van der Waals surface area contributed by atoms with Gasteiger partial charge in [0.25, 0.3) is 0 Å². The molecule has 2 aromatic rings. The molecule has 2 aromatic heterocycles. The molecular formula is C16H22N4OS. The van der Waals surface area contributed by atoms with Gasteiger partial charge in [0.2, 0.25) is 5.89 Å². The average molecular weight is 318 g/mol. The molecule has 0 aromatic carbocycles. The summed E-state index contributed by atoms with van der Waals surface area (Å²) in [5.74, 6) is 4.27. The number of nitrogens with zero attached hydrogens (tertiary/aromatic N) is 4. The van der Waals surface area contributed by atoms with E-state index in [-0.39, 0.29) is 5.41 Å². The van der Waals surface area contributed by atoms with Gasteiger partial charge in [-0.05, 0) is 25.7 Å². The van der Waals surface area contributed by atoms with Crippen molar-refractivity contribution in [2.75, 3.05) is 0 Å². The Morgan fingerprint density at radius 3 is 2.59 bits per heavy atom. The largest absolute Gasteiger partial charge is 0.444 e. The normalized spacial score (nSPS) is 18.9. The summed E-state index contributed by atoms with van der Waals surface area (Å²) in [6.07, 6.45) is 6.91. The molecule has 0 bridgehead atoms. The molecule has 0 radical (unpaired) electrons. The van der Waals surface area contributed by atoms with Crippen molar-refractivity contribution < 1.29 is 4.42 Å². The standard InChI is InChI=1S/C16H22N4OS/c1-16(2,3)12-8-17-13(21-12)9-22-15-19-18-14(10-4-5-10)20(15)11-6-7-11/h8,10-11H,4-7,9H2,1-3H3. The summed E-state index contributed by atoms with van der Waals surface area (Å²) in [5.41, 5.74) is 0.00307. The van der Waals surface area contributed by atoms with Crippen LogP contribution in [0.3, 0.4) is 0 Å². The SMILES string of the molecule is CC(C)(C)c1cnc(CSc2nnc(C3CC3)n2C2CC2)o1. The molecular weight excluding hydrogens is 296 g/mol. The van der Waals surface area contributed by atoms with Crippen LogP contribution in [0.4, 0.5) is 0 Å². The van der Waals surface area contributed by atoms with E-state index < -0.39 is 0 Å². The zero-order valence-electron chi connectivity index (χ0n) is 13.4. The van der Waals surface area contributed by atoms with Crippen LogP contribution in [0.25, 0.3) is 0 Å². The van der Waals surface area contributed by atoms with Crippen LogP contribution in [0.1, 0.15) is 75.9 Å². The summed E-state index contributed by atoms with van der Waals surface area (Å²) < 4.78 is 8.23. The maximum Gasteiger partial charge on any atom is 0.204 e. The van der Waals surface area contributed by atoms with Gasteiger partial charge in [0.1, 0.15) is 11.6 Å². The van der Waals surface area contributed by atoms with Crippen LogP contribution in [0.2, 0.25) is 0 Å². The first-order valence-corrected chi connectivity index (χ1v) is 9.03. The molecule has 0 unspecified atom stereocenters. The molecule has 2 aliphatic carbocycles. The lowest BCUT2D eigenvalue weighted by molar-refractivity contribution is 0.390. The van der Waals surface area contributed by atoms with E-state index in [1.807, 2.05) is 6.20 Å². The van der Waals surface area contributed by atoms with Gasteiger partial charge in [-0.3, -0.25) is 0 Å². The first-order valence-electron chi connectivity index (χ1n) is 8.05. The Labute approximate surface area is 134 Å². The summed E-state index contributed by atoms with van der Waals surface area (Å²) >= 11 is 1.69. The maximum atomic E-state index is 5.86. The molecule has 5 nitrogen and oxygen atoms in total. The highest BCUT2D eigenvalue weighted by molar-refractivity contribution is 7.98. The molecule has 0 saturated heterocycles. The summed E-state index contributed by atoms with van der Waals surface area (Å²) in [6.45, 7) is 6.40. The lowest BCUT2D eigenvalue weighted by Gasteiger charge is -2.13. The van der Waals surface area contributed by atoms with Gasteiger partial charge in [0.05, 0.1) is 11.9 Å². The van der Waals surface area contributed by atoms with Crippen molar-refractivity contribution in [2.45, 2.75) is 74.7 Å². The van der Waals surface area contributed by atoms with Gasteiger partial charge in [-0.2, -0.15) is 0 Å². The van der Waals surface area contributed by atoms with Crippen LogP contribution in [0, 0.1) is 0 Å². The zero-order valence-corrected chi connectivity index (χ0v) is 14.2. The Bertz CT molecular complexity index is 677. The molecule has 6 heteroatoms. The third-order valence-electron chi connectivity index (χ3n) is 4.16. The average Bonchev–Trinajstić information content (AvgIpc) is 3.38. The molecule has 0 amide bonds. The summed E-state index contributed by atoms with van der Waals surface area (Å²) in [4.78, 5) is 4.40. The van der Waals surface area contributed by atoms with Gasteiger partial charge in [-0.1, -0.05) is 32.5 Å². The van der Waals surface area contributed by atoms with Crippen LogP contribution < -0.4 is 0 Å². The molecule has 0 N–H and O–H groups in total. The third-order valence-corrected chi connectivity index (χ3v) is 5.09.